The van der Waals surface area contributed by atoms with Gasteiger partial charge in [0.05, 0.1) is 23.1 Å². The zero-order valence-electron chi connectivity index (χ0n) is 17.6. The van der Waals surface area contributed by atoms with Gasteiger partial charge in [-0.25, -0.2) is 19.3 Å². The van der Waals surface area contributed by atoms with Gasteiger partial charge in [0, 0.05) is 35.8 Å². The van der Waals surface area contributed by atoms with Crippen LogP contribution in [0.15, 0.2) is 37.1 Å². The Morgan fingerprint density at radius 2 is 1.50 bits per heavy atom. The van der Waals surface area contributed by atoms with Gasteiger partial charge < -0.3 is 9.31 Å². The number of hydrogen-bond donors (Lipinski definition) is 0. The molecule has 32 heavy (non-hydrogen) atoms. The molecule has 0 amide bonds. The summed E-state index contributed by atoms with van der Waals surface area (Å²) in [7, 11) is -0.646. The van der Waals surface area contributed by atoms with Gasteiger partial charge in [0.25, 0.3) is 0 Å². The van der Waals surface area contributed by atoms with Gasteiger partial charge in [0.1, 0.15) is 0 Å². The molecular formula is C18H20BClF4N6O2. The highest BCUT2D eigenvalue weighted by molar-refractivity contribution is 6.62. The molecule has 0 bridgehead atoms. The first-order valence-electron chi connectivity index (χ1n) is 9.39. The maximum Gasteiger partial charge on any atom is 0.498 e. The van der Waals surface area contributed by atoms with Gasteiger partial charge in [-0.3, -0.25) is 0 Å². The van der Waals surface area contributed by atoms with E-state index in [0.29, 0.717) is 26.1 Å². The Hall–Kier alpha value is -2.51. The van der Waals surface area contributed by atoms with Crippen molar-refractivity contribution in [3.63, 3.8) is 0 Å². The molecule has 172 valence electrons. The Balaban J connectivity index is 0.000000182. The number of alkyl halides is 4. The van der Waals surface area contributed by atoms with Gasteiger partial charge in [-0.2, -0.15) is 27.8 Å². The molecule has 4 rings (SSSR count). The predicted molar refractivity (Wildman–Crippen MR) is 109 cm³/mol. The second kappa shape index (κ2) is 9.16. The molecule has 1 aliphatic rings. The quantitative estimate of drug-likeness (QED) is 0.323. The Bertz CT molecular complexity index is 1050. The van der Waals surface area contributed by atoms with Crippen LogP contribution in [-0.4, -0.2) is 47.8 Å². The molecule has 0 unspecified atom stereocenters. The molecule has 14 heteroatoms. The van der Waals surface area contributed by atoms with Crippen molar-refractivity contribution in [2.45, 2.75) is 52.0 Å². The largest absolute Gasteiger partial charge is 0.498 e. The second-order valence-electron chi connectivity index (χ2n) is 7.82. The zero-order chi connectivity index (χ0) is 23.7. The molecule has 0 N–H and O–H groups in total. The normalized spacial score (nSPS) is 17.0. The van der Waals surface area contributed by atoms with Crippen LogP contribution in [-0.2, 0) is 9.31 Å². The molecule has 1 fully saturated rings. The molecule has 0 aromatic carbocycles. The van der Waals surface area contributed by atoms with Crippen molar-refractivity contribution in [2.75, 3.05) is 0 Å². The van der Waals surface area contributed by atoms with Crippen molar-refractivity contribution in [2.24, 2.45) is 0 Å². The third-order valence-corrected chi connectivity index (χ3v) is 5.25. The van der Waals surface area contributed by atoms with E-state index in [2.05, 4.69) is 20.2 Å². The molecule has 0 spiro atoms. The fourth-order valence-electron chi connectivity index (χ4n) is 2.63. The highest BCUT2D eigenvalue weighted by atomic mass is 35.5. The monoisotopic (exact) mass is 474 g/mol. The Morgan fingerprint density at radius 1 is 0.938 bits per heavy atom. The van der Waals surface area contributed by atoms with E-state index < -0.39 is 31.4 Å². The van der Waals surface area contributed by atoms with Gasteiger partial charge >= 0.3 is 20.2 Å². The third-order valence-electron chi connectivity index (χ3n) is 5.07. The molecule has 0 radical (unpaired) electrons. The second-order valence-corrected chi connectivity index (χ2v) is 8.16. The van der Waals surface area contributed by atoms with E-state index in [9.17, 15) is 17.6 Å². The van der Waals surface area contributed by atoms with Crippen molar-refractivity contribution >= 4 is 24.2 Å². The number of hydrogen-bond acceptors (Lipinski definition) is 6. The topological polar surface area (TPSA) is 79.9 Å². The summed E-state index contributed by atoms with van der Waals surface area (Å²) in [6, 6.07) is 1.57. The number of aromatic nitrogens is 6. The number of halogens is 5. The standard InChI is InChI=1S/C10H15BF2N2O2.C8H5ClF2N4/c1-9(2)10(3,4)17-11(16-9)7-5-14-15(6-7)8(12)13;9-7-12-2-1-6(14-7)5-3-13-15(4-5)8(10)11/h5-6,8H,1-4H3;1-4,8H. The van der Waals surface area contributed by atoms with Gasteiger partial charge in [0.15, 0.2) is 0 Å². The molecule has 1 aliphatic heterocycles. The number of rotatable bonds is 4. The van der Waals surface area contributed by atoms with Crippen LogP contribution < -0.4 is 5.46 Å². The molecule has 0 atom stereocenters. The summed E-state index contributed by atoms with van der Waals surface area (Å²) < 4.78 is 61.8. The lowest BCUT2D eigenvalue weighted by Gasteiger charge is -2.32. The van der Waals surface area contributed by atoms with Crippen molar-refractivity contribution < 1.29 is 26.9 Å². The maximum absolute atomic E-state index is 12.4. The van der Waals surface area contributed by atoms with Gasteiger partial charge in [-0.05, 0) is 45.4 Å². The van der Waals surface area contributed by atoms with Crippen LogP contribution in [0.25, 0.3) is 11.3 Å². The maximum atomic E-state index is 12.4. The molecule has 3 aromatic rings. The summed E-state index contributed by atoms with van der Waals surface area (Å²) in [4.78, 5) is 7.56. The molecule has 3 aromatic heterocycles. The third kappa shape index (κ3) is 5.27. The smallest absolute Gasteiger partial charge is 0.399 e. The lowest BCUT2D eigenvalue weighted by atomic mass is 9.82. The summed E-state index contributed by atoms with van der Waals surface area (Å²) in [5, 5.41) is 7.11. The summed E-state index contributed by atoms with van der Waals surface area (Å²) in [5.41, 5.74) is 0.473. The Kier molecular flexibility index (Phi) is 6.91. The fraction of sp³-hybridized carbons (Fsp3) is 0.444. The van der Waals surface area contributed by atoms with E-state index in [0.717, 1.165) is 0 Å². The van der Waals surface area contributed by atoms with Crippen LogP contribution in [0.1, 0.15) is 40.8 Å². The minimum absolute atomic E-state index is 0.0669. The summed E-state index contributed by atoms with van der Waals surface area (Å²) in [5.74, 6) is 0. The van der Waals surface area contributed by atoms with Crippen molar-refractivity contribution in [3.05, 3.63) is 42.3 Å². The first-order valence-corrected chi connectivity index (χ1v) is 9.76. The van der Waals surface area contributed by atoms with E-state index in [1.165, 1.54) is 31.0 Å². The van der Waals surface area contributed by atoms with Crippen LogP contribution in [0, 0.1) is 0 Å². The van der Waals surface area contributed by atoms with Crippen molar-refractivity contribution in [3.8, 4) is 11.3 Å². The van der Waals surface area contributed by atoms with Crippen LogP contribution in [0.4, 0.5) is 17.6 Å². The highest BCUT2D eigenvalue weighted by Gasteiger charge is 2.52. The Morgan fingerprint density at radius 3 is 2.00 bits per heavy atom. The number of nitrogens with zero attached hydrogens (tertiary/aromatic N) is 6. The average molecular weight is 475 g/mol. The van der Waals surface area contributed by atoms with Crippen molar-refractivity contribution in [1.82, 2.24) is 29.5 Å². The van der Waals surface area contributed by atoms with E-state index in [4.69, 9.17) is 20.9 Å². The summed E-state index contributed by atoms with van der Waals surface area (Å²) in [6.45, 7) is 2.33. The zero-order valence-corrected chi connectivity index (χ0v) is 18.3. The van der Waals surface area contributed by atoms with Crippen LogP contribution >= 0.6 is 11.6 Å². The molecule has 8 nitrogen and oxygen atoms in total. The van der Waals surface area contributed by atoms with Crippen LogP contribution in [0.5, 0.6) is 0 Å². The molecular weight excluding hydrogens is 454 g/mol. The molecule has 0 saturated carbocycles. The Labute approximate surface area is 186 Å². The summed E-state index contributed by atoms with van der Waals surface area (Å²) >= 11 is 5.57. The summed E-state index contributed by atoms with van der Waals surface area (Å²) in [6.07, 6.45) is 6.53. The van der Waals surface area contributed by atoms with Gasteiger partial charge in [0.2, 0.25) is 5.28 Å². The first kappa shape index (κ1) is 24.1. The van der Waals surface area contributed by atoms with Gasteiger partial charge in [-0.1, -0.05) is 0 Å². The lowest BCUT2D eigenvalue weighted by molar-refractivity contribution is 0.00578. The van der Waals surface area contributed by atoms with E-state index in [1.807, 2.05) is 27.7 Å². The van der Waals surface area contributed by atoms with Crippen molar-refractivity contribution in [1.29, 1.82) is 0 Å². The van der Waals surface area contributed by atoms with E-state index in [-0.39, 0.29) is 5.28 Å². The highest BCUT2D eigenvalue weighted by Crippen LogP contribution is 2.36. The first-order chi connectivity index (χ1) is 14.9. The minimum atomic E-state index is -2.66. The van der Waals surface area contributed by atoms with E-state index in [1.54, 1.807) is 6.07 Å². The predicted octanol–water partition coefficient (Wildman–Crippen LogP) is 3.97. The molecule has 1 saturated heterocycles. The van der Waals surface area contributed by atoms with E-state index >= 15 is 0 Å². The fourth-order valence-corrected chi connectivity index (χ4v) is 2.78. The molecule has 0 aliphatic carbocycles. The molecule has 4 heterocycles. The van der Waals surface area contributed by atoms with Crippen LogP contribution in [0.3, 0.4) is 0 Å². The van der Waals surface area contributed by atoms with Crippen LogP contribution in [0.2, 0.25) is 5.28 Å². The minimum Gasteiger partial charge on any atom is -0.399 e. The SMILES string of the molecule is CC1(C)OB(c2cnn(C(F)F)c2)OC1(C)C.FC(F)n1cc(-c2ccnc(Cl)n2)cn1. The van der Waals surface area contributed by atoms with Gasteiger partial charge in [-0.15, -0.1) is 0 Å². The lowest BCUT2D eigenvalue weighted by Crippen LogP contribution is -2.41. The average Bonchev–Trinajstić information content (AvgIpc) is 3.41.